The van der Waals surface area contributed by atoms with E-state index in [1.165, 1.54) is 12.1 Å². The van der Waals surface area contributed by atoms with Crippen molar-refractivity contribution in [2.75, 3.05) is 0 Å². The Morgan fingerprint density at radius 2 is 2.00 bits per heavy atom. The first kappa shape index (κ1) is 7.50. The predicted molar refractivity (Wildman–Crippen MR) is 46.7 cm³/mol. The summed E-state index contributed by atoms with van der Waals surface area (Å²) in [6.45, 7) is 0. The fourth-order valence-corrected chi connectivity index (χ4v) is 1.25. The minimum atomic E-state index is -0.258. The predicted octanol–water partition coefficient (Wildman–Crippen LogP) is 3.03. The van der Waals surface area contributed by atoms with Crippen LogP contribution in [0.25, 0.3) is 10.8 Å². The molecule has 0 N–H and O–H groups in total. The summed E-state index contributed by atoms with van der Waals surface area (Å²) in [5.74, 6) is -0.258. The lowest BCUT2D eigenvalue weighted by Gasteiger charge is -1.96. The molecule has 0 unspecified atom stereocenters. The summed E-state index contributed by atoms with van der Waals surface area (Å²) in [5.41, 5.74) is 0. The van der Waals surface area contributed by atoms with Crippen LogP contribution in [0.15, 0.2) is 30.5 Å². The van der Waals surface area contributed by atoms with Gasteiger partial charge in [-0.3, -0.25) is 0 Å². The van der Waals surface area contributed by atoms with Gasteiger partial charge in [0.25, 0.3) is 0 Å². The highest BCUT2D eigenvalue weighted by Crippen LogP contribution is 2.17. The van der Waals surface area contributed by atoms with E-state index in [4.69, 9.17) is 11.6 Å². The average Bonchev–Trinajstić information content (AvgIpc) is 2.05. The molecule has 0 aliphatic heterocycles. The van der Waals surface area contributed by atoms with Gasteiger partial charge < -0.3 is 0 Å². The van der Waals surface area contributed by atoms with Crippen LogP contribution in [0.4, 0.5) is 4.39 Å². The second kappa shape index (κ2) is 2.72. The molecule has 1 heterocycles. The van der Waals surface area contributed by atoms with Gasteiger partial charge in [-0.05, 0) is 23.6 Å². The van der Waals surface area contributed by atoms with E-state index < -0.39 is 0 Å². The Morgan fingerprint density at radius 3 is 2.83 bits per heavy atom. The van der Waals surface area contributed by atoms with E-state index in [0.29, 0.717) is 5.15 Å². The van der Waals surface area contributed by atoms with Gasteiger partial charge in [-0.25, -0.2) is 9.37 Å². The Morgan fingerprint density at radius 1 is 1.17 bits per heavy atom. The first-order valence-electron chi connectivity index (χ1n) is 3.46. The van der Waals surface area contributed by atoms with Gasteiger partial charge in [0.05, 0.1) is 0 Å². The topological polar surface area (TPSA) is 12.9 Å². The quantitative estimate of drug-likeness (QED) is 0.570. The lowest BCUT2D eigenvalue weighted by Crippen LogP contribution is -1.78. The second-order valence-electron chi connectivity index (χ2n) is 2.50. The molecule has 0 saturated heterocycles. The minimum Gasteiger partial charge on any atom is -0.244 e. The lowest BCUT2D eigenvalue weighted by molar-refractivity contribution is 0.629. The molecule has 0 saturated carbocycles. The van der Waals surface area contributed by atoms with Crippen molar-refractivity contribution in [3.63, 3.8) is 0 Å². The molecule has 2 aromatic rings. The zero-order valence-corrected chi connectivity index (χ0v) is 6.85. The van der Waals surface area contributed by atoms with Crippen LogP contribution in [0.1, 0.15) is 0 Å². The number of nitrogens with zero attached hydrogens (tertiary/aromatic N) is 1. The van der Waals surface area contributed by atoms with E-state index in [0.717, 1.165) is 10.8 Å². The number of hydrogen-bond acceptors (Lipinski definition) is 1. The molecule has 0 atom stereocenters. The summed E-state index contributed by atoms with van der Waals surface area (Å²) in [7, 11) is 0. The Balaban J connectivity index is 2.79. The van der Waals surface area contributed by atoms with Gasteiger partial charge in [-0.1, -0.05) is 17.7 Å². The van der Waals surface area contributed by atoms with E-state index in [-0.39, 0.29) is 5.82 Å². The van der Waals surface area contributed by atoms with Crippen LogP contribution >= 0.6 is 11.6 Å². The first-order valence-corrected chi connectivity index (χ1v) is 3.84. The molecule has 0 bridgehead atoms. The zero-order chi connectivity index (χ0) is 8.55. The van der Waals surface area contributed by atoms with Crippen molar-refractivity contribution in [3.05, 3.63) is 41.4 Å². The highest BCUT2D eigenvalue weighted by Gasteiger charge is 1.96. The standard InChI is InChI=1S/C9H5ClFN/c10-9-4-6-1-2-8(11)3-7(6)5-12-9/h1-5H. The third-order valence-corrected chi connectivity index (χ3v) is 1.86. The van der Waals surface area contributed by atoms with Gasteiger partial charge in [-0.15, -0.1) is 0 Å². The van der Waals surface area contributed by atoms with Crippen molar-refractivity contribution in [2.24, 2.45) is 0 Å². The molecule has 1 aromatic carbocycles. The molecule has 12 heavy (non-hydrogen) atoms. The summed E-state index contributed by atoms with van der Waals surface area (Å²) >= 11 is 5.65. The van der Waals surface area contributed by atoms with E-state index in [9.17, 15) is 4.39 Å². The molecule has 0 fully saturated rings. The van der Waals surface area contributed by atoms with E-state index in [1.807, 2.05) is 0 Å². The van der Waals surface area contributed by atoms with Gasteiger partial charge in [0.1, 0.15) is 11.0 Å². The number of halogens is 2. The molecule has 0 amide bonds. The average molecular weight is 182 g/mol. The number of benzene rings is 1. The molecule has 60 valence electrons. The van der Waals surface area contributed by atoms with E-state index >= 15 is 0 Å². The molecule has 2 rings (SSSR count). The molecular weight excluding hydrogens is 177 g/mol. The normalized spacial score (nSPS) is 10.5. The maximum Gasteiger partial charge on any atom is 0.129 e. The Bertz CT molecular complexity index is 387. The number of pyridine rings is 1. The maximum atomic E-state index is 12.7. The third kappa shape index (κ3) is 1.25. The highest BCUT2D eigenvalue weighted by atomic mass is 35.5. The van der Waals surface area contributed by atoms with Crippen LogP contribution in [0.3, 0.4) is 0 Å². The minimum absolute atomic E-state index is 0.258. The smallest absolute Gasteiger partial charge is 0.129 e. The van der Waals surface area contributed by atoms with Crippen LogP contribution in [0.5, 0.6) is 0 Å². The number of hydrogen-bond donors (Lipinski definition) is 0. The molecule has 0 spiro atoms. The number of fused-ring (bicyclic) bond motifs is 1. The zero-order valence-electron chi connectivity index (χ0n) is 6.09. The van der Waals surface area contributed by atoms with Crippen LogP contribution in [0.2, 0.25) is 5.15 Å². The summed E-state index contributed by atoms with van der Waals surface area (Å²) in [4.78, 5) is 3.85. The summed E-state index contributed by atoms with van der Waals surface area (Å²) in [6.07, 6.45) is 1.56. The highest BCUT2D eigenvalue weighted by molar-refractivity contribution is 6.30. The monoisotopic (exact) mass is 181 g/mol. The fourth-order valence-electron chi connectivity index (χ4n) is 1.09. The van der Waals surface area contributed by atoms with Crippen molar-refractivity contribution >= 4 is 22.4 Å². The SMILES string of the molecule is Fc1ccc2cc(Cl)ncc2c1. The first-order chi connectivity index (χ1) is 5.75. The molecule has 0 aliphatic carbocycles. The Kier molecular flexibility index (Phi) is 1.70. The number of aromatic nitrogens is 1. The summed E-state index contributed by atoms with van der Waals surface area (Å²) < 4.78 is 12.7. The molecule has 3 heteroatoms. The van der Waals surface area contributed by atoms with Gasteiger partial charge in [-0.2, -0.15) is 0 Å². The van der Waals surface area contributed by atoms with Gasteiger partial charge in [0.15, 0.2) is 0 Å². The van der Waals surface area contributed by atoms with Crippen molar-refractivity contribution in [1.82, 2.24) is 4.98 Å². The summed E-state index contributed by atoms with van der Waals surface area (Å²) in [6, 6.07) is 6.21. The Hall–Kier alpha value is -1.15. The molecule has 0 aliphatic rings. The van der Waals surface area contributed by atoms with Crippen molar-refractivity contribution < 1.29 is 4.39 Å². The van der Waals surface area contributed by atoms with Crippen LogP contribution < -0.4 is 0 Å². The van der Waals surface area contributed by atoms with Gasteiger partial charge in [0, 0.05) is 11.6 Å². The van der Waals surface area contributed by atoms with Crippen molar-refractivity contribution in [2.45, 2.75) is 0 Å². The molecule has 1 aromatic heterocycles. The molecule has 0 radical (unpaired) electrons. The lowest BCUT2D eigenvalue weighted by atomic mass is 10.2. The van der Waals surface area contributed by atoms with Crippen molar-refractivity contribution in [1.29, 1.82) is 0 Å². The van der Waals surface area contributed by atoms with Crippen LogP contribution in [0, 0.1) is 5.82 Å². The van der Waals surface area contributed by atoms with Crippen molar-refractivity contribution in [3.8, 4) is 0 Å². The molecule has 1 nitrogen and oxygen atoms in total. The Labute approximate surface area is 73.8 Å². The van der Waals surface area contributed by atoms with Gasteiger partial charge in [0.2, 0.25) is 0 Å². The summed E-state index contributed by atoms with van der Waals surface area (Å²) in [5, 5.41) is 2.09. The van der Waals surface area contributed by atoms with E-state index in [2.05, 4.69) is 4.98 Å². The van der Waals surface area contributed by atoms with Gasteiger partial charge >= 0.3 is 0 Å². The van der Waals surface area contributed by atoms with Crippen LogP contribution in [-0.4, -0.2) is 4.98 Å². The second-order valence-corrected chi connectivity index (χ2v) is 2.89. The fraction of sp³-hybridized carbons (Fsp3) is 0. The molecular formula is C9H5ClFN. The van der Waals surface area contributed by atoms with Crippen LogP contribution in [-0.2, 0) is 0 Å². The van der Waals surface area contributed by atoms with E-state index in [1.54, 1.807) is 18.3 Å². The maximum absolute atomic E-state index is 12.7. The largest absolute Gasteiger partial charge is 0.244 e. The third-order valence-electron chi connectivity index (χ3n) is 1.65. The number of rotatable bonds is 0.